The van der Waals surface area contributed by atoms with Gasteiger partial charge in [0.1, 0.15) is 5.75 Å². The molecule has 0 radical (unpaired) electrons. The number of nitrogens with zero attached hydrogens (tertiary/aromatic N) is 1. The molecule has 0 unspecified atom stereocenters. The van der Waals surface area contributed by atoms with Gasteiger partial charge in [0.15, 0.2) is 0 Å². The Morgan fingerprint density at radius 3 is 2.52 bits per heavy atom. The molecule has 4 nitrogen and oxygen atoms in total. The number of carbonyl (C=O) groups excluding carboxylic acids is 2. The number of carbonyl (C=O) groups is 2. The van der Waals surface area contributed by atoms with E-state index in [9.17, 15) is 9.59 Å². The van der Waals surface area contributed by atoms with Crippen LogP contribution >= 0.6 is 0 Å². The van der Waals surface area contributed by atoms with Crippen molar-refractivity contribution in [2.45, 2.75) is 19.9 Å². The van der Waals surface area contributed by atoms with Crippen molar-refractivity contribution in [3.8, 4) is 5.75 Å². The maximum Gasteiger partial charge on any atom is 0.316 e. The first-order valence-corrected chi connectivity index (χ1v) is 7.72. The van der Waals surface area contributed by atoms with Crippen LogP contribution in [0.3, 0.4) is 0 Å². The highest BCUT2D eigenvalue weighted by atomic mass is 16.5. The molecule has 23 heavy (non-hydrogen) atoms. The van der Waals surface area contributed by atoms with Gasteiger partial charge in [0.05, 0.1) is 5.92 Å². The third kappa shape index (κ3) is 3.77. The quantitative estimate of drug-likeness (QED) is 0.644. The minimum Gasteiger partial charge on any atom is -0.426 e. The summed E-state index contributed by atoms with van der Waals surface area (Å²) in [5.41, 5.74) is 2.26. The van der Waals surface area contributed by atoms with E-state index in [2.05, 4.69) is 0 Å². The first-order valence-electron chi connectivity index (χ1n) is 7.72. The average molecular weight is 309 g/mol. The number of rotatable bonds is 4. The van der Waals surface area contributed by atoms with E-state index >= 15 is 0 Å². The fraction of sp³-hybridized carbons (Fsp3) is 0.263. The van der Waals surface area contributed by atoms with E-state index in [4.69, 9.17) is 4.74 Å². The molecule has 1 amide bonds. The predicted octanol–water partition coefficient (Wildman–Crippen LogP) is 2.95. The minimum atomic E-state index is -0.395. The highest BCUT2D eigenvalue weighted by Crippen LogP contribution is 2.22. The summed E-state index contributed by atoms with van der Waals surface area (Å²) in [4.78, 5) is 26.1. The Morgan fingerprint density at radius 2 is 1.83 bits per heavy atom. The fourth-order valence-electron chi connectivity index (χ4n) is 2.68. The van der Waals surface area contributed by atoms with Crippen LogP contribution in [0.5, 0.6) is 5.75 Å². The molecule has 1 heterocycles. The van der Waals surface area contributed by atoms with Crippen molar-refractivity contribution >= 4 is 11.9 Å². The smallest absolute Gasteiger partial charge is 0.316 e. The Balaban J connectivity index is 1.60. The second-order valence-electron chi connectivity index (χ2n) is 5.90. The molecule has 0 spiro atoms. The topological polar surface area (TPSA) is 46.6 Å². The summed E-state index contributed by atoms with van der Waals surface area (Å²) < 4.78 is 5.34. The molecule has 2 aromatic carbocycles. The summed E-state index contributed by atoms with van der Waals surface area (Å²) in [6.45, 7) is 2.98. The third-order valence-electron chi connectivity index (χ3n) is 4.00. The normalized spacial score (nSPS) is 17.3. The van der Waals surface area contributed by atoms with Gasteiger partial charge in [-0.25, -0.2) is 0 Å². The Morgan fingerprint density at radius 1 is 1.13 bits per heavy atom. The Kier molecular flexibility index (Phi) is 4.42. The summed E-state index contributed by atoms with van der Waals surface area (Å²) in [5, 5.41) is 0. The van der Waals surface area contributed by atoms with E-state index in [1.807, 2.05) is 49.4 Å². The molecule has 0 N–H and O–H groups in total. The second-order valence-corrected chi connectivity index (χ2v) is 5.90. The van der Waals surface area contributed by atoms with Gasteiger partial charge < -0.3 is 9.64 Å². The Bertz CT molecular complexity index is 694. The molecule has 1 fully saturated rings. The summed E-state index contributed by atoms with van der Waals surface area (Å²) in [6.07, 6.45) is 0.220. The molecule has 4 heteroatoms. The van der Waals surface area contributed by atoms with E-state index in [1.165, 1.54) is 5.56 Å². The van der Waals surface area contributed by atoms with Crippen molar-refractivity contribution in [3.63, 3.8) is 0 Å². The summed E-state index contributed by atoms with van der Waals surface area (Å²) in [5.74, 6) is -0.216. The largest absolute Gasteiger partial charge is 0.426 e. The zero-order valence-corrected chi connectivity index (χ0v) is 13.1. The van der Waals surface area contributed by atoms with Crippen LogP contribution in [0.15, 0.2) is 54.6 Å². The first-order chi connectivity index (χ1) is 11.1. The van der Waals surface area contributed by atoms with Crippen molar-refractivity contribution in [3.05, 3.63) is 65.7 Å². The number of esters is 1. The lowest BCUT2D eigenvalue weighted by molar-refractivity contribution is -0.139. The second kappa shape index (κ2) is 6.65. The highest BCUT2D eigenvalue weighted by Gasteiger charge is 2.35. The van der Waals surface area contributed by atoms with Crippen LogP contribution in [-0.2, 0) is 16.1 Å². The van der Waals surface area contributed by atoms with Crippen LogP contribution in [0.2, 0.25) is 0 Å². The van der Waals surface area contributed by atoms with Crippen molar-refractivity contribution in [2.75, 3.05) is 6.54 Å². The molecule has 1 aliphatic rings. The molecule has 1 atom stereocenters. The average Bonchev–Trinajstić information content (AvgIpc) is 2.92. The van der Waals surface area contributed by atoms with E-state index in [0.29, 0.717) is 18.8 Å². The number of amides is 1. The van der Waals surface area contributed by atoms with Crippen molar-refractivity contribution in [2.24, 2.45) is 5.92 Å². The van der Waals surface area contributed by atoms with Gasteiger partial charge in [0.25, 0.3) is 0 Å². The highest BCUT2D eigenvalue weighted by molar-refractivity contribution is 5.87. The fourth-order valence-corrected chi connectivity index (χ4v) is 2.68. The van der Waals surface area contributed by atoms with Crippen LogP contribution < -0.4 is 4.74 Å². The SMILES string of the molecule is Cc1ccc(CN2C[C@@H](C(=O)Oc3ccccc3)CC2=O)cc1. The van der Waals surface area contributed by atoms with E-state index < -0.39 is 5.92 Å². The first kappa shape index (κ1) is 15.3. The molecular weight excluding hydrogens is 290 g/mol. The Hall–Kier alpha value is -2.62. The van der Waals surface area contributed by atoms with Gasteiger partial charge in [0.2, 0.25) is 5.91 Å². The molecule has 118 valence electrons. The monoisotopic (exact) mass is 309 g/mol. The van der Waals surface area contributed by atoms with Crippen LogP contribution in [0.25, 0.3) is 0 Å². The number of ether oxygens (including phenoxy) is 1. The molecular formula is C19H19NO3. The van der Waals surface area contributed by atoms with E-state index in [-0.39, 0.29) is 18.3 Å². The number of hydrogen-bond acceptors (Lipinski definition) is 3. The van der Waals surface area contributed by atoms with Crippen LogP contribution in [0.4, 0.5) is 0 Å². The lowest BCUT2D eigenvalue weighted by Gasteiger charge is -2.16. The molecule has 0 aromatic heterocycles. The van der Waals surface area contributed by atoms with Gasteiger partial charge >= 0.3 is 5.97 Å². The third-order valence-corrected chi connectivity index (χ3v) is 4.00. The lowest BCUT2D eigenvalue weighted by Crippen LogP contribution is -2.27. The minimum absolute atomic E-state index is 0.000543. The summed E-state index contributed by atoms with van der Waals surface area (Å²) >= 11 is 0. The zero-order chi connectivity index (χ0) is 16.2. The number of hydrogen-bond donors (Lipinski definition) is 0. The molecule has 0 bridgehead atoms. The van der Waals surface area contributed by atoms with Crippen molar-refractivity contribution in [1.82, 2.24) is 4.90 Å². The maximum absolute atomic E-state index is 12.2. The van der Waals surface area contributed by atoms with Crippen molar-refractivity contribution < 1.29 is 14.3 Å². The van der Waals surface area contributed by atoms with E-state index in [0.717, 1.165) is 5.56 Å². The number of aryl methyl sites for hydroxylation is 1. The van der Waals surface area contributed by atoms with Crippen LogP contribution in [-0.4, -0.2) is 23.3 Å². The van der Waals surface area contributed by atoms with Gasteiger partial charge in [-0.05, 0) is 24.6 Å². The van der Waals surface area contributed by atoms with Gasteiger partial charge in [0, 0.05) is 19.5 Å². The van der Waals surface area contributed by atoms with Gasteiger partial charge in [-0.1, -0.05) is 48.0 Å². The number of likely N-dealkylation sites (tertiary alicyclic amines) is 1. The van der Waals surface area contributed by atoms with Gasteiger partial charge in [-0.3, -0.25) is 9.59 Å². The lowest BCUT2D eigenvalue weighted by atomic mass is 10.1. The van der Waals surface area contributed by atoms with E-state index in [1.54, 1.807) is 17.0 Å². The van der Waals surface area contributed by atoms with Crippen LogP contribution in [0, 0.1) is 12.8 Å². The molecule has 3 rings (SSSR count). The van der Waals surface area contributed by atoms with Crippen molar-refractivity contribution in [1.29, 1.82) is 0 Å². The molecule has 0 saturated carbocycles. The van der Waals surface area contributed by atoms with Gasteiger partial charge in [-0.15, -0.1) is 0 Å². The predicted molar refractivity (Wildman–Crippen MR) is 86.8 cm³/mol. The van der Waals surface area contributed by atoms with Gasteiger partial charge in [-0.2, -0.15) is 0 Å². The number of para-hydroxylation sites is 1. The number of benzene rings is 2. The molecule has 0 aliphatic carbocycles. The summed E-state index contributed by atoms with van der Waals surface area (Å²) in [6, 6.07) is 17.0. The standard InChI is InChI=1S/C19H19NO3/c1-14-7-9-15(10-8-14)12-20-13-16(11-18(20)21)19(22)23-17-5-3-2-4-6-17/h2-10,16H,11-13H2,1H3/t16-/m0/s1. The summed E-state index contributed by atoms with van der Waals surface area (Å²) in [7, 11) is 0. The Labute approximate surface area is 135 Å². The molecule has 2 aromatic rings. The van der Waals surface area contributed by atoms with Crippen LogP contribution in [0.1, 0.15) is 17.5 Å². The molecule has 1 aliphatic heterocycles. The maximum atomic E-state index is 12.2. The molecule has 1 saturated heterocycles. The zero-order valence-electron chi connectivity index (χ0n) is 13.1.